The zero-order chi connectivity index (χ0) is 46.4. The Balaban J connectivity index is 1.43. The fourth-order valence-electron chi connectivity index (χ4n) is 7.48. The fraction of sp³-hybridized carbons (Fsp3) is 0.385. The second-order valence-electron chi connectivity index (χ2n) is 15.8. The first-order valence-electron chi connectivity index (χ1n) is 18.5. The van der Waals surface area contributed by atoms with E-state index in [0.29, 0.717) is 10.7 Å². The Morgan fingerprint density at radius 2 is 1.60 bits per heavy atom. The third kappa shape index (κ3) is 9.20. The van der Waals surface area contributed by atoms with Crippen molar-refractivity contribution in [1.82, 2.24) is 29.9 Å². The Labute approximate surface area is 352 Å². The molecule has 2 aromatic carbocycles. The van der Waals surface area contributed by atoms with Crippen LogP contribution in [0.15, 0.2) is 48.5 Å². The predicted molar refractivity (Wildman–Crippen MR) is 206 cm³/mol. The molecule has 5 aromatic rings. The zero-order valence-electron chi connectivity index (χ0n) is 33.1. The van der Waals surface area contributed by atoms with Crippen LogP contribution in [0.2, 0.25) is 0 Å². The van der Waals surface area contributed by atoms with Gasteiger partial charge < -0.3 is 5.32 Å². The number of nitrogens with zero attached hydrogens (tertiary/aromatic N) is 5. The standard InChI is InChI=1S/C39H33F10N7O5S2/c1-36(2,62(3,58)59)11-10-22-8-9-23(24-6-5-7-25-32(24)56(18-37(42,43)44)53-35(25)54-63(4,60)61)31(50-22)28(14-19-12-20(40)15-21(41)13-19)51-29(57)17-55-34-30(33(52-55)39(47,48)49)26-16-27(26)38(34,45)46/h5-9,12-13,15,26-28H,14,16-18H2,1-4H3,(H,51,57)(H,53,54)/t26-,27+,28?/m0/s1. The highest BCUT2D eigenvalue weighted by atomic mass is 32.2. The van der Waals surface area contributed by atoms with Crippen LogP contribution in [0.4, 0.5) is 49.7 Å². The molecule has 1 amide bonds. The van der Waals surface area contributed by atoms with Crippen LogP contribution in [0.1, 0.15) is 66.1 Å². The van der Waals surface area contributed by atoms with Crippen LogP contribution in [-0.4, -0.2) is 70.7 Å². The van der Waals surface area contributed by atoms with Gasteiger partial charge in [0.25, 0.3) is 5.92 Å². The molecule has 0 bridgehead atoms. The maximum Gasteiger partial charge on any atom is 0.435 e. The molecular formula is C39H33F10N7O5S2. The van der Waals surface area contributed by atoms with E-state index in [-0.39, 0.29) is 50.1 Å². The summed E-state index contributed by atoms with van der Waals surface area (Å²) in [6.45, 7) is -0.449. The van der Waals surface area contributed by atoms with Crippen molar-refractivity contribution in [3.05, 3.63) is 94.1 Å². The molecule has 63 heavy (non-hydrogen) atoms. The first-order valence-corrected chi connectivity index (χ1v) is 22.3. The molecule has 24 heteroatoms. The van der Waals surface area contributed by atoms with E-state index < -0.39 is 121 Å². The highest BCUT2D eigenvalue weighted by molar-refractivity contribution is 7.92. The summed E-state index contributed by atoms with van der Waals surface area (Å²) in [5, 5.41) is 9.54. The van der Waals surface area contributed by atoms with E-state index in [9.17, 15) is 56.8 Å². The number of hydrogen-bond donors (Lipinski definition) is 2. The predicted octanol–water partition coefficient (Wildman–Crippen LogP) is 7.01. The van der Waals surface area contributed by atoms with Gasteiger partial charge in [-0.15, -0.1) is 0 Å². The molecule has 1 unspecified atom stereocenters. The number of sulfone groups is 1. The number of hydrogen-bond acceptors (Lipinski definition) is 8. The normalized spacial score (nSPS) is 17.7. The third-order valence-corrected chi connectivity index (χ3v) is 13.1. The fourth-order valence-corrected chi connectivity index (χ4v) is 8.22. The highest BCUT2D eigenvalue weighted by Gasteiger charge is 2.68. The number of fused-ring (bicyclic) bond motifs is 4. The number of carbonyl (C=O) groups is 1. The molecule has 3 atom stereocenters. The van der Waals surface area contributed by atoms with Gasteiger partial charge in [0.1, 0.15) is 40.9 Å². The average molecular weight is 934 g/mol. The minimum atomic E-state index is -5.17. The van der Waals surface area contributed by atoms with Gasteiger partial charge in [-0.2, -0.15) is 45.3 Å². The van der Waals surface area contributed by atoms with Crippen molar-refractivity contribution in [2.75, 3.05) is 17.2 Å². The lowest BCUT2D eigenvalue weighted by Crippen LogP contribution is -2.35. The summed E-state index contributed by atoms with van der Waals surface area (Å²) in [5.41, 5.74) is -4.80. The molecule has 0 spiro atoms. The SMILES string of the molecule is CC(C)(C#Cc1ccc(-c2cccc3c(NS(C)(=O)=O)nn(CC(F)(F)F)c23)c(C(Cc2cc(F)cc(F)c2)NC(=O)Cn2nc(C(F)(F)F)c3c2C(F)(F)[C@@H]2C[C@H]32)n1)S(C)(=O)=O. The second-order valence-corrected chi connectivity index (χ2v) is 20.1. The van der Waals surface area contributed by atoms with Crippen LogP contribution in [0, 0.1) is 29.4 Å². The number of rotatable bonds is 11. The smallest absolute Gasteiger partial charge is 0.346 e. The van der Waals surface area contributed by atoms with Gasteiger partial charge >= 0.3 is 12.4 Å². The quantitative estimate of drug-likeness (QED) is 0.106. The van der Waals surface area contributed by atoms with Crippen LogP contribution < -0.4 is 10.0 Å². The molecule has 1 fully saturated rings. The molecule has 0 aliphatic heterocycles. The molecule has 3 aromatic heterocycles. The minimum absolute atomic E-state index is 0.143. The van der Waals surface area contributed by atoms with Crippen molar-refractivity contribution in [1.29, 1.82) is 0 Å². The van der Waals surface area contributed by atoms with Crippen molar-refractivity contribution < 1.29 is 65.5 Å². The molecule has 7 rings (SSSR count). The number of amides is 1. The van der Waals surface area contributed by atoms with E-state index in [0.717, 1.165) is 24.6 Å². The van der Waals surface area contributed by atoms with Crippen molar-refractivity contribution >= 4 is 42.5 Å². The minimum Gasteiger partial charge on any atom is -0.346 e. The summed E-state index contributed by atoms with van der Waals surface area (Å²) in [6, 6.07) is 6.87. The molecule has 2 aliphatic rings. The van der Waals surface area contributed by atoms with Gasteiger partial charge in [0, 0.05) is 40.3 Å². The third-order valence-electron chi connectivity index (χ3n) is 10.5. The van der Waals surface area contributed by atoms with Gasteiger partial charge in [0.2, 0.25) is 15.9 Å². The zero-order valence-corrected chi connectivity index (χ0v) is 34.7. The molecular weight excluding hydrogens is 901 g/mol. The van der Waals surface area contributed by atoms with Crippen molar-refractivity contribution in [3.63, 3.8) is 0 Å². The summed E-state index contributed by atoms with van der Waals surface area (Å²) in [4.78, 5) is 18.5. The largest absolute Gasteiger partial charge is 0.435 e. The molecule has 3 heterocycles. The number of carbonyl (C=O) groups excluding carboxylic acids is 1. The Morgan fingerprint density at radius 3 is 2.21 bits per heavy atom. The summed E-state index contributed by atoms with van der Waals surface area (Å²) >= 11 is 0. The van der Waals surface area contributed by atoms with Crippen LogP contribution in [0.5, 0.6) is 0 Å². The van der Waals surface area contributed by atoms with Crippen molar-refractivity contribution in [2.45, 2.75) is 74.8 Å². The number of anilines is 1. The Morgan fingerprint density at radius 1 is 0.937 bits per heavy atom. The molecule has 336 valence electrons. The van der Waals surface area contributed by atoms with Crippen LogP contribution in [0.3, 0.4) is 0 Å². The number of para-hydroxylation sites is 1. The van der Waals surface area contributed by atoms with E-state index in [1.165, 1.54) is 44.2 Å². The van der Waals surface area contributed by atoms with Crippen molar-refractivity contribution in [3.8, 4) is 23.0 Å². The Kier molecular flexibility index (Phi) is 11.0. The van der Waals surface area contributed by atoms with E-state index in [1.54, 1.807) is 0 Å². The molecule has 0 saturated heterocycles. The van der Waals surface area contributed by atoms with Crippen LogP contribution >= 0.6 is 0 Å². The van der Waals surface area contributed by atoms with E-state index in [2.05, 4.69) is 37.1 Å². The van der Waals surface area contributed by atoms with Crippen LogP contribution in [0.25, 0.3) is 22.0 Å². The number of alkyl halides is 8. The molecule has 2 N–H and O–H groups in total. The van der Waals surface area contributed by atoms with E-state index in [4.69, 9.17) is 0 Å². The van der Waals surface area contributed by atoms with Gasteiger partial charge in [-0.25, -0.2) is 30.6 Å². The number of aromatic nitrogens is 5. The lowest BCUT2D eigenvalue weighted by Gasteiger charge is -2.23. The number of halogens is 10. The van der Waals surface area contributed by atoms with Gasteiger partial charge in [0.05, 0.1) is 23.5 Å². The molecule has 0 radical (unpaired) electrons. The average Bonchev–Trinajstić information content (AvgIpc) is 3.66. The number of sulfonamides is 1. The maximum atomic E-state index is 15.4. The van der Waals surface area contributed by atoms with Crippen LogP contribution in [-0.2, 0) is 56.3 Å². The lowest BCUT2D eigenvalue weighted by molar-refractivity contribution is -0.142. The first kappa shape index (κ1) is 45.3. The van der Waals surface area contributed by atoms with E-state index >= 15 is 8.78 Å². The van der Waals surface area contributed by atoms with Gasteiger partial charge in [-0.1, -0.05) is 18.1 Å². The Hall–Kier alpha value is -5.70. The molecule has 1 saturated carbocycles. The summed E-state index contributed by atoms with van der Waals surface area (Å²) in [6.07, 6.45) is -9.32. The summed E-state index contributed by atoms with van der Waals surface area (Å²) < 4.78 is 195. The number of nitrogens with one attached hydrogen (secondary N) is 2. The topological polar surface area (TPSA) is 158 Å². The van der Waals surface area contributed by atoms with Crippen molar-refractivity contribution in [2.24, 2.45) is 5.92 Å². The summed E-state index contributed by atoms with van der Waals surface area (Å²) in [5.74, 6) is -5.21. The van der Waals surface area contributed by atoms with E-state index in [1.807, 2.05) is 0 Å². The van der Waals surface area contributed by atoms with Gasteiger partial charge in [-0.05, 0) is 74.4 Å². The number of pyridine rings is 1. The van der Waals surface area contributed by atoms with Gasteiger partial charge in [0.15, 0.2) is 21.3 Å². The maximum absolute atomic E-state index is 15.4. The monoisotopic (exact) mass is 933 g/mol. The second kappa shape index (κ2) is 15.2. The number of benzene rings is 2. The van der Waals surface area contributed by atoms with Gasteiger partial charge in [-0.3, -0.25) is 18.9 Å². The highest BCUT2D eigenvalue weighted by Crippen LogP contribution is 2.68. The lowest BCUT2D eigenvalue weighted by atomic mass is 9.93. The summed E-state index contributed by atoms with van der Waals surface area (Å²) in [7, 11) is -7.97. The first-order chi connectivity index (χ1) is 28.9. The molecule has 2 aliphatic carbocycles. The molecule has 12 nitrogen and oxygen atoms in total. The Bertz CT molecular complexity index is 2970.